The highest BCUT2D eigenvalue weighted by atomic mass is 32.2. The Hall–Kier alpha value is -1.11. The molecule has 1 aliphatic rings. The molecule has 0 saturated carbocycles. The molecule has 6 heteroatoms. The maximum absolute atomic E-state index is 12.1. The van der Waals surface area contributed by atoms with E-state index in [0.717, 1.165) is 13.0 Å². The van der Waals surface area contributed by atoms with Crippen LogP contribution in [-0.2, 0) is 10.0 Å². The number of hydrogen-bond acceptors (Lipinski definition) is 4. The van der Waals surface area contributed by atoms with Gasteiger partial charge in [-0.1, -0.05) is 0 Å². The molecule has 1 aromatic rings. The Balaban J connectivity index is 2.08. The lowest BCUT2D eigenvalue weighted by Crippen LogP contribution is -2.36. The standard InChI is InChI=1S/C12H18N2O3S/c1-2-17-11-3-5-12(6-4-11)18(15,16)14-10-7-8-13-9-10/h3-6,10,13-14H,2,7-9H2,1H3/t10-/m1/s1. The molecule has 0 unspecified atom stereocenters. The van der Waals surface area contributed by atoms with E-state index in [0.29, 0.717) is 18.9 Å². The van der Waals surface area contributed by atoms with Crippen molar-refractivity contribution < 1.29 is 13.2 Å². The van der Waals surface area contributed by atoms with Crippen LogP contribution in [0.2, 0.25) is 0 Å². The lowest BCUT2D eigenvalue weighted by Gasteiger charge is -2.12. The van der Waals surface area contributed by atoms with Gasteiger partial charge in [0, 0.05) is 12.6 Å². The van der Waals surface area contributed by atoms with Gasteiger partial charge in [-0.25, -0.2) is 13.1 Å². The first kappa shape index (κ1) is 13.3. The maximum Gasteiger partial charge on any atom is 0.240 e. The van der Waals surface area contributed by atoms with Crippen molar-refractivity contribution in [3.63, 3.8) is 0 Å². The van der Waals surface area contributed by atoms with Crippen molar-refractivity contribution in [2.75, 3.05) is 19.7 Å². The summed E-state index contributed by atoms with van der Waals surface area (Å²) in [7, 11) is -3.42. The summed E-state index contributed by atoms with van der Waals surface area (Å²) < 4.78 is 32.1. The number of rotatable bonds is 5. The first-order valence-electron chi connectivity index (χ1n) is 6.08. The zero-order valence-corrected chi connectivity index (χ0v) is 11.2. The van der Waals surface area contributed by atoms with Crippen molar-refractivity contribution in [3.8, 4) is 5.75 Å². The van der Waals surface area contributed by atoms with E-state index in [2.05, 4.69) is 10.0 Å². The van der Waals surface area contributed by atoms with E-state index in [4.69, 9.17) is 4.74 Å². The first-order valence-corrected chi connectivity index (χ1v) is 7.56. The van der Waals surface area contributed by atoms with Gasteiger partial charge in [0.05, 0.1) is 11.5 Å². The summed E-state index contributed by atoms with van der Waals surface area (Å²) in [5, 5.41) is 3.13. The lowest BCUT2D eigenvalue weighted by molar-refractivity contribution is 0.340. The van der Waals surface area contributed by atoms with Crippen molar-refractivity contribution in [2.45, 2.75) is 24.3 Å². The second kappa shape index (κ2) is 5.69. The summed E-state index contributed by atoms with van der Waals surface area (Å²) >= 11 is 0. The maximum atomic E-state index is 12.1. The first-order chi connectivity index (χ1) is 8.62. The average Bonchev–Trinajstić information content (AvgIpc) is 2.82. The minimum Gasteiger partial charge on any atom is -0.494 e. The van der Waals surface area contributed by atoms with Gasteiger partial charge >= 0.3 is 0 Å². The molecule has 0 amide bonds. The van der Waals surface area contributed by atoms with Gasteiger partial charge in [0.1, 0.15) is 5.75 Å². The van der Waals surface area contributed by atoms with E-state index in [9.17, 15) is 8.42 Å². The van der Waals surface area contributed by atoms with Gasteiger partial charge in [-0.15, -0.1) is 0 Å². The number of benzene rings is 1. The van der Waals surface area contributed by atoms with Crippen molar-refractivity contribution in [1.82, 2.24) is 10.0 Å². The van der Waals surface area contributed by atoms with Crippen molar-refractivity contribution >= 4 is 10.0 Å². The zero-order valence-electron chi connectivity index (χ0n) is 10.3. The summed E-state index contributed by atoms with van der Waals surface area (Å²) in [5.74, 6) is 0.680. The van der Waals surface area contributed by atoms with Crippen molar-refractivity contribution in [3.05, 3.63) is 24.3 Å². The molecule has 18 heavy (non-hydrogen) atoms. The quantitative estimate of drug-likeness (QED) is 0.827. The average molecular weight is 270 g/mol. The Bertz CT molecular complexity index is 479. The lowest BCUT2D eigenvalue weighted by atomic mass is 10.3. The fraction of sp³-hybridized carbons (Fsp3) is 0.500. The summed E-state index contributed by atoms with van der Waals surface area (Å²) in [6.07, 6.45) is 0.830. The molecule has 1 aliphatic heterocycles. The zero-order chi connectivity index (χ0) is 13.0. The van der Waals surface area contributed by atoms with Gasteiger partial charge in [0.25, 0.3) is 0 Å². The Kier molecular flexibility index (Phi) is 4.21. The molecule has 1 saturated heterocycles. The van der Waals surface area contributed by atoms with Gasteiger partial charge in [-0.05, 0) is 44.2 Å². The molecule has 0 spiro atoms. The highest BCUT2D eigenvalue weighted by Crippen LogP contribution is 2.16. The number of nitrogens with one attached hydrogen (secondary N) is 2. The Morgan fingerprint density at radius 2 is 2.11 bits per heavy atom. The van der Waals surface area contributed by atoms with Crippen LogP contribution in [0.3, 0.4) is 0 Å². The van der Waals surface area contributed by atoms with Gasteiger partial charge in [-0.3, -0.25) is 0 Å². The molecule has 2 rings (SSSR count). The predicted molar refractivity (Wildman–Crippen MR) is 69.2 cm³/mol. The van der Waals surface area contributed by atoms with E-state index >= 15 is 0 Å². The smallest absolute Gasteiger partial charge is 0.240 e. The number of sulfonamides is 1. The monoisotopic (exact) mass is 270 g/mol. The van der Waals surface area contributed by atoms with Crippen LogP contribution in [-0.4, -0.2) is 34.2 Å². The molecule has 100 valence electrons. The van der Waals surface area contributed by atoms with Crippen LogP contribution in [0.4, 0.5) is 0 Å². The third kappa shape index (κ3) is 3.22. The van der Waals surface area contributed by atoms with E-state index in [1.54, 1.807) is 24.3 Å². The van der Waals surface area contributed by atoms with Gasteiger partial charge in [0.15, 0.2) is 0 Å². The Morgan fingerprint density at radius 3 is 2.67 bits per heavy atom. The molecule has 5 nitrogen and oxygen atoms in total. The normalized spacial score (nSPS) is 19.9. The second-order valence-corrected chi connectivity index (χ2v) is 5.93. The third-order valence-electron chi connectivity index (χ3n) is 2.83. The van der Waals surface area contributed by atoms with Crippen LogP contribution in [0.15, 0.2) is 29.2 Å². The highest BCUT2D eigenvalue weighted by molar-refractivity contribution is 7.89. The molecule has 0 aliphatic carbocycles. The minimum atomic E-state index is -3.42. The Morgan fingerprint density at radius 1 is 1.39 bits per heavy atom. The van der Waals surface area contributed by atoms with Gasteiger partial charge in [-0.2, -0.15) is 0 Å². The largest absolute Gasteiger partial charge is 0.494 e. The molecule has 0 radical (unpaired) electrons. The van der Waals surface area contributed by atoms with Crippen molar-refractivity contribution in [2.24, 2.45) is 0 Å². The molecule has 1 fully saturated rings. The number of hydrogen-bond donors (Lipinski definition) is 2. The van der Waals surface area contributed by atoms with E-state index < -0.39 is 10.0 Å². The van der Waals surface area contributed by atoms with Crippen LogP contribution in [0.5, 0.6) is 5.75 Å². The van der Waals surface area contributed by atoms with Gasteiger partial charge in [0.2, 0.25) is 10.0 Å². The number of ether oxygens (including phenoxy) is 1. The SMILES string of the molecule is CCOc1ccc(S(=O)(=O)N[C@@H]2CCNC2)cc1. The molecule has 2 N–H and O–H groups in total. The van der Waals surface area contributed by atoms with Crippen LogP contribution in [0.1, 0.15) is 13.3 Å². The highest BCUT2D eigenvalue weighted by Gasteiger charge is 2.22. The molecular weight excluding hydrogens is 252 g/mol. The molecular formula is C12H18N2O3S. The van der Waals surface area contributed by atoms with Crippen LogP contribution in [0.25, 0.3) is 0 Å². The van der Waals surface area contributed by atoms with E-state index in [-0.39, 0.29) is 10.9 Å². The summed E-state index contributed by atoms with van der Waals surface area (Å²) in [6, 6.07) is 6.46. The molecule has 1 aromatic carbocycles. The molecule has 0 aromatic heterocycles. The fourth-order valence-electron chi connectivity index (χ4n) is 1.92. The van der Waals surface area contributed by atoms with Crippen LogP contribution < -0.4 is 14.8 Å². The summed E-state index contributed by atoms with van der Waals surface area (Å²) in [4.78, 5) is 0.276. The minimum absolute atomic E-state index is 0.0124. The predicted octanol–water partition coefficient (Wildman–Crippen LogP) is 0.725. The van der Waals surface area contributed by atoms with Gasteiger partial charge < -0.3 is 10.1 Å². The molecule has 1 atom stereocenters. The fourth-order valence-corrected chi connectivity index (χ4v) is 3.19. The third-order valence-corrected chi connectivity index (χ3v) is 4.36. The van der Waals surface area contributed by atoms with E-state index in [1.165, 1.54) is 0 Å². The van der Waals surface area contributed by atoms with Crippen molar-refractivity contribution in [1.29, 1.82) is 0 Å². The summed E-state index contributed by atoms with van der Waals surface area (Å²) in [6.45, 7) is 4.00. The topological polar surface area (TPSA) is 67.4 Å². The van der Waals surface area contributed by atoms with Crippen LogP contribution in [0, 0.1) is 0 Å². The Labute approximate surface area is 108 Å². The molecule has 1 heterocycles. The van der Waals surface area contributed by atoms with E-state index in [1.807, 2.05) is 6.92 Å². The second-order valence-electron chi connectivity index (χ2n) is 4.22. The summed E-state index contributed by atoms with van der Waals surface area (Å²) in [5.41, 5.74) is 0. The molecule has 0 bridgehead atoms. The van der Waals surface area contributed by atoms with Crippen LogP contribution >= 0.6 is 0 Å².